The smallest absolute Gasteiger partial charge is 0.245 e. The highest BCUT2D eigenvalue weighted by Crippen LogP contribution is 2.28. The fourth-order valence-corrected chi connectivity index (χ4v) is 1.25. The van der Waals surface area contributed by atoms with E-state index in [-0.39, 0.29) is 0 Å². The molecule has 0 aromatic carbocycles. The zero-order chi connectivity index (χ0) is 9.26. The van der Waals surface area contributed by atoms with Crippen molar-refractivity contribution in [3.63, 3.8) is 0 Å². The van der Waals surface area contributed by atoms with E-state index in [1.54, 1.807) is 18.7 Å². The third kappa shape index (κ3) is 1.33. The quantitative estimate of drug-likeness (QED) is 0.604. The van der Waals surface area contributed by atoms with Crippen molar-refractivity contribution in [2.75, 3.05) is 0 Å². The molecule has 0 atom stereocenters. The molecule has 0 radical (unpaired) electrons. The Labute approximate surface area is 76.8 Å². The Hall–Kier alpha value is -1.64. The first-order valence-electron chi connectivity index (χ1n) is 4.11. The highest BCUT2D eigenvalue weighted by atomic mass is 16.5. The molecule has 66 valence electrons. The van der Waals surface area contributed by atoms with E-state index in [0.29, 0.717) is 5.88 Å². The molecule has 0 N–H and O–H groups in total. The van der Waals surface area contributed by atoms with Crippen LogP contribution in [0.25, 0.3) is 5.57 Å². The summed E-state index contributed by atoms with van der Waals surface area (Å²) in [5, 5.41) is 0. The molecule has 0 aliphatic carbocycles. The summed E-state index contributed by atoms with van der Waals surface area (Å²) >= 11 is 0. The Balaban J connectivity index is 2.62. The van der Waals surface area contributed by atoms with Gasteiger partial charge < -0.3 is 4.74 Å². The van der Waals surface area contributed by atoms with Crippen molar-refractivity contribution < 1.29 is 4.74 Å². The topological polar surface area (TPSA) is 35.0 Å². The number of aromatic nitrogens is 2. The van der Waals surface area contributed by atoms with Gasteiger partial charge in [0.05, 0.1) is 6.26 Å². The minimum Gasteiger partial charge on any atom is -0.445 e. The van der Waals surface area contributed by atoms with E-state index in [9.17, 15) is 0 Å². The van der Waals surface area contributed by atoms with Crippen molar-refractivity contribution in [2.45, 2.75) is 13.8 Å². The third-order valence-electron chi connectivity index (χ3n) is 1.87. The predicted octanol–water partition coefficient (Wildman–Crippen LogP) is 2.18. The van der Waals surface area contributed by atoms with Gasteiger partial charge in [-0.1, -0.05) is 5.57 Å². The predicted molar refractivity (Wildman–Crippen MR) is 50.1 cm³/mol. The second-order valence-electron chi connectivity index (χ2n) is 3.04. The summed E-state index contributed by atoms with van der Waals surface area (Å²) in [7, 11) is 0. The fourth-order valence-electron chi connectivity index (χ4n) is 1.25. The number of hydrogen-bond acceptors (Lipinski definition) is 3. The molecule has 3 nitrogen and oxygen atoms in total. The molecule has 0 saturated carbocycles. The van der Waals surface area contributed by atoms with Crippen LogP contribution in [0.1, 0.15) is 19.5 Å². The molecular weight excluding hydrogens is 164 g/mol. The molecular formula is C10H10N2O. The molecule has 0 bridgehead atoms. The second-order valence-corrected chi connectivity index (χ2v) is 3.04. The minimum absolute atomic E-state index is 0.584. The zero-order valence-electron chi connectivity index (χ0n) is 7.61. The van der Waals surface area contributed by atoms with Crippen LogP contribution in [0.3, 0.4) is 0 Å². The molecule has 13 heavy (non-hydrogen) atoms. The number of hydrogen-bond donors (Lipinski definition) is 0. The van der Waals surface area contributed by atoms with E-state index in [2.05, 4.69) is 9.97 Å². The van der Waals surface area contributed by atoms with Gasteiger partial charge in [0.1, 0.15) is 5.69 Å². The molecule has 1 aliphatic rings. The second kappa shape index (κ2) is 3.01. The van der Waals surface area contributed by atoms with Crippen molar-refractivity contribution >= 4 is 5.57 Å². The maximum absolute atomic E-state index is 5.22. The van der Waals surface area contributed by atoms with Crippen LogP contribution in [-0.2, 0) is 0 Å². The van der Waals surface area contributed by atoms with Crippen LogP contribution in [0.15, 0.2) is 30.3 Å². The summed E-state index contributed by atoms with van der Waals surface area (Å²) < 4.78 is 5.22. The average Bonchev–Trinajstić information content (AvgIpc) is 2.17. The Bertz CT molecular complexity index is 390. The highest BCUT2D eigenvalue weighted by Gasteiger charge is 2.13. The minimum atomic E-state index is 0.584. The third-order valence-corrected chi connectivity index (χ3v) is 1.87. The monoisotopic (exact) mass is 174 g/mol. The van der Waals surface area contributed by atoms with Gasteiger partial charge in [0.25, 0.3) is 0 Å². The number of rotatable bonds is 0. The van der Waals surface area contributed by atoms with Crippen molar-refractivity contribution in [1.29, 1.82) is 0 Å². The molecule has 0 spiro atoms. The molecule has 1 aromatic rings. The SMILES string of the molecule is CC(C)=C1C=COc2nccnc21. The maximum Gasteiger partial charge on any atom is 0.245 e. The number of allylic oxidation sites excluding steroid dienone is 3. The molecule has 0 amide bonds. The summed E-state index contributed by atoms with van der Waals surface area (Å²) in [6, 6.07) is 0. The molecule has 3 heteroatoms. The molecule has 1 aliphatic heterocycles. The van der Waals surface area contributed by atoms with Crippen LogP contribution in [-0.4, -0.2) is 9.97 Å². The van der Waals surface area contributed by atoms with Gasteiger partial charge in [-0.3, -0.25) is 0 Å². The van der Waals surface area contributed by atoms with E-state index in [4.69, 9.17) is 4.74 Å². The lowest BCUT2D eigenvalue weighted by atomic mass is 10.1. The van der Waals surface area contributed by atoms with Crippen molar-refractivity contribution in [1.82, 2.24) is 9.97 Å². The van der Waals surface area contributed by atoms with Crippen LogP contribution >= 0.6 is 0 Å². The Kier molecular flexibility index (Phi) is 1.85. The van der Waals surface area contributed by atoms with Gasteiger partial charge in [0.2, 0.25) is 5.88 Å². The van der Waals surface area contributed by atoms with E-state index in [1.165, 1.54) is 5.57 Å². The summed E-state index contributed by atoms with van der Waals surface area (Å²) in [5.74, 6) is 0.584. The standard InChI is InChI=1S/C10H10N2O/c1-7(2)8-3-6-13-10-9(8)11-4-5-12-10/h3-6H,1-2H3. The van der Waals surface area contributed by atoms with Crippen molar-refractivity contribution in [2.24, 2.45) is 0 Å². The molecule has 0 unspecified atom stereocenters. The van der Waals surface area contributed by atoms with Gasteiger partial charge in [-0.05, 0) is 19.9 Å². The highest BCUT2D eigenvalue weighted by molar-refractivity contribution is 5.77. The lowest BCUT2D eigenvalue weighted by Gasteiger charge is -2.12. The van der Waals surface area contributed by atoms with E-state index in [1.807, 2.05) is 19.9 Å². The number of fused-ring (bicyclic) bond motifs is 1. The van der Waals surface area contributed by atoms with Crippen molar-refractivity contribution in [3.05, 3.63) is 36.0 Å². The molecule has 0 fully saturated rings. The molecule has 0 saturated heterocycles. The van der Waals surface area contributed by atoms with Crippen LogP contribution in [0.5, 0.6) is 5.88 Å². The zero-order valence-corrected chi connectivity index (χ0v) is 7.61. The van der Waals surface area contributed by atoms with Crippen LogP contribution in [0.4, 0.5) is 0 Å². The summed E-state index contributed by atoms with van der Waals surface area (Å²) in [6.45, 7) is 4.09. The summed E-state index contributed by atoms with van der Waals surface area (Å²) in [6.07, 6.45) is 6.84. The fraction of sp³-hybridized carbons (Fsp3) is 0.200. The molecule has 1 aromatic heterocycles. The average molecular weight is 174 g/mol. The van der Waals surface area contributed by atoms with Gasteiger partial charge in [-0.2, -0.15) is 0 Å². The van der Waals surface area contributed by atoms with E-state index >= 15 is 0 Å². The van der Waals surface area contributed by atoms with Gasteiger partial charge in [-0.15, -0.1) is 0 Å². The van der Waals surface area contributed by atoms with Crippen LogP contribution in [0.2, 0.25) is 0 Å². The van der Waals surface area contributed by atoms with Gasteiger partial charge in [0, 0.05) is 18.0 Å². The lowest BCUT2D eigenvalue weighted by molar-refractivity contribution is 0.452. The Morgan fingerprint density at radius 1 is 1.23 bits per heavy atom. The number of ether oxygens (including phenoxy) is 1. The Morgan fingerprint density at radius 2 is 2.00 bits per heavy atom. The molecule has 2 heterocycles. The largest absolute Gasteiger partial charge is 0.445 e. The van der Waals surface area contributed by atoms with Crippen LogP contribution < -0.4 is 4.74 Å². The van der Waals surface area contributed by atoms with Crippen molar-refractivity contribution in [3.8, 4) is 5.88 Å². The summed E-state index contributed by atoms with van der Waals surface area (Å²) in [4.78, 5) is 8.31. The van der Waals surface area contributed by atoms with Gasteiger partial charge in [-0.25, -0.2) is 9.97 Å². The first-order valence-corrected chi connectivity index (χ1v) is 4.11. The molecule has 2 rings (SSSR count). The first-order chi connectivity index (χ1) is 6.29. The lowest BCUT2D eigenvalue weighted by Crippen LogP contribution is -2.01. The maximum atomic E-state index is 5.22. The van der Waals surface area contributed by atoms with E-state index < -0.39 is 0 Å². The van der Waals surface area contributed by atoms with E-state index in [0.717, 1.165) is 11.3 Å². The summed E-state index contributed by atoms with van der Waals surface area (Å²) in [5.41, 5.74) is 3.13. The Morgan fingerprint density at radius 3 is 2.77 bits per heavy atom. The van der Waals surface area contributed by atoms with Gasteiger partial charge >= 0.3 is 0 Å². The number of nitrogens with zero attached hydrogens (tertiary/aromatic N) is 2. The van der Waals surface area contributed by atoms with Crippen LogP contribution in [0, 0.1) is 0 Å². The normalized spacial score (nSPS) is 13.5. The first kappa shape index (κ1) is 7.98. The van der Waals surface area contributed by atoms with Gasteiger partial charge in [0.15, 0.2) is 0 Å².